The van der Waals surface area contributed by atoms with Gasteiger partial charge in [0, 0.05) is 19.6 Å². The van der Waals surface area contributed by atoms with Crippen molar-refractivity contribution in [2.75, 3.05) is 7.11 Å². The van der Waals surface area contributed by atoms with Gasteiger partial charge in [0.1, 0.15) is 0 Å². The van der Waals surface area contributed by atoms with Crippen LogP contribution < -0.4 is 5.32 Å². The van der Waals surface area contributed by atoms with Gasteiger partial charge in [-0.1, -0.05) is 44.5 Å². The van der Waals surface area contributed by atoms with E-state index in [0.29, 0.717) is 13.2 Å². The zero-order chi connectivity index (χ0) is 13.4. The summed E-state index contributed by atoms with van der Waals surface area (Å²) in [5.74, 6) is 0.237. The van der Waals surface area contributed by atoms with E-state index in [-0.39, 0.29) is 11.8 Å². The van der Waals surface area contributed by atoms with Crippen LogP contribution >= 0.6 is 0 Å². The first-order valence-corrected chi connectivity index (χ1v) is 6.51. The van der Waals surface area contributed by atoms with Crippen LogP contribution in [0.2, 0.25) is 0 Å². The standard InChI is InChI=1S/C15H23NO2/c1-4-5-12(2)15(17)16-10-13-6-8-14(9-7-13)11-18-3/h6-9,12H,4-5,10-11H2,1-3H3,(H,16,17). The third kappa shape index (κ3) is 4.88. The molecule has 0 heterocycles. The van der Waals surface area contributed by atoms with Gasteiger partial charge >= 0.3 is 0 Å². The number of nitrogens with one attached hydrogen (secondary N) is 1. The normalized spacial score (nSPS) is 12.2. The molecule has 100 valence electrons. The van der Waals surface area contributed by atoms with Gasteiger partial charge in [-0.3, -0.25) is 4.79 Å². The van der Waals surface area contributed by atoms with Crippen LogP contribution in [0.4, 0.5) is 0 Å². The molecule has 0 saturated heterocycles. The van der Waals surface area contributed by atoms with Crippen molar-refractivity contribution in [3.05, 3.63) is 35.4 Å². The van der Waals surface area contributed by atoms with Crippen molar-refractivity contribution in [2.24, 2.45) is 5.92 Å². The Morgan fingerprint density at radius 3 is 2.44 bits per heavy atom. The smallest absolute Gasteiger partial charge is 0.223 e. The molecule has 1 rings (SSSR count). The monoisotopic (exact) mass is 249 g/mol. The minimum Gasteiger partial charge on any atom is -0.380 e. The number of benzene rings is 1. The summed E-state index contributed by atoms with van der Waals surface area (Å²) in [6.45, 7) is 5.29. The molecule has 1 atom stereocenters. The minimum absolute atomic E-state index is 0.0998. The van der Waals surface area contributed by atoms with E-state index in [2.05, 4.69) is 12.2 Å². The van der Waals surface area contributed by atoms with Crippen LogP contribution in [0.3, 0.4) is 0 Å². The highest BCUT2D eigenvalue weighted by molar-refractivity contribution is 5.78. The van der Waals surface area contributed by atoms with E-state index in [9.17, 15) is 4.79 Å². The SMILES string of the molecule is CCCC(C)C(=O)NCc1ccc(COC)cc1. The molecule has 1 aromatic carbocycles. The fraction of sp³-hybridized carbons (Fsp3) is 0.533. The summed E-state index contributed by atoms with van der Waals surface area (Å²) in [7, 11) is 1.68. The first kappa shape index (κ1) is 14.7. The van der Waals surface area contributed by atoms with Gasteiger partial charge in [0.05, 0.1) is 6.61 Å². The summed E-state index contributed by atoms with van der Waals surface area (Å²) in [4.78, 5) is 11.7. The number of methoxy groups -OCH3 is 1. The average Bonchev–Trinajstić information content (AvgIpc) is 2.38. The van der Waals surface area contributed by atoms with Gasteiger partial charge in [-0.25, -0.2) is 0 Å². The van der Waals surface area contributed by atoms with Crippen molar-refractivity contribution >= 4 is 5.91 Å². The molecule has 0 aromatic heterocycles. The van der Waals surface area contributed by atoms with Gasteiger partial charge in [-0.05, 0) is 17.5 Å². The summed E-state index contributed by atoms with van der Waals surface area (Å²) >= 11 is 0. The summed E-state index contributed by atoms with van der Waals surface area (Å²) in [6, 6.07) is 8.11. The maximum Gasteiger partial charge on any atom is 0.223 e. The molecule has 0 bridgehead atoms. The summed E-state index contributed by atoms with van der Waals surface area (Å²) < 4.78 is 5.05. The second-order valence-corrected chi connectivity index (χ2v) is 4.66. The predicted molar refractivity (Wildman–Crippen MR) is 73.1 cm³/mol. The third-order valence-corrected chi connectivity index (χ3v) is 2.97. The molecule has 1 aromatic rings. The highest BCUT2D eigenvalue weighted by Crippen LogP contribution is 2.07. The molecule has 0 radical (unpaired) electrons. The lowest BCUT2D eigenvalue weighted by Gasteiger charge is -2.11. The fourth-order valence-electron chi connectivity index (χ4n) is 1.85. The van der Waals surface area contributed by atoms with Crippen molar-refractivity contribution in [1.82, 2.24) is 5.32 Å². The topological polar surface area (TPSA) is 38.3 Å². The van der Waals surface area contributed by atoms with Gasteiger partial charge < -0.3 is 10.1 Å². The van der Waals surface area contributed by atoms with E-state index in [4.69, 9.17) is 4.74 Å². The summed E-state index contributed by atoms with van der Waals surface area (Å²) in [5, 5.41) is 2.96. The van der Waals surface area contributed by atoms with Crippen molar-refractivity contribution in [1.29, 1.82) is 0 Å². The van der Waals surface area contributed by atoms with Crippen molar-refractivity contribution < 1.29 is 9.53 Å². The first-order chi connectivity index (χ1) is 8.67. The molecule has 3 nitrogen and oxygen atoms in total. The molecule has 1 unspecified atom stereocenters. The molecule has 1 amide bonds. The third-order valence-electron chi connectivity index (χ3n) is 2.97. The molecule has 0 fully saturated rings. The quantitative estimate of drug-likeness (QED) is 0.807. The molecule has 0 aliphatic carbocycles. The number of hydrogen-bond acceptors (Lipinski definition) is 2. The van der Waals surface area contributed by atoms with E-state index in [1.807, 2.05) is 31.2 Å². The Kier molecular flexibility index (Phi) is 6.44. The second kappa shape index (κ2) is 7.88. The first-order valence-electron chi connectivity index (χ1n) is 6.51. The van der Waals surface area contributed by atoms with E-state index in [1.165, 1.54) is 0 Å². The maximum absolute atomic E-state index is 11.7. The molecule has 0 spiro atoms. The largest absolute Gasteiger partial charge is 0.380 e. The Morgan fingerprint density at radius 1 is 1.28 bits per heavy atom. The van der Waals surface area contributed by atoms with Gasteiger partial charge in [0.25, 0.3) is 0 Å². The van der Waals surface area contributed by atoms with Crippen LogP contribution in [0, 0.1) is 5.92 Å². The van der Waals surface area contributed by atoms with E-state index in [1.54, 1.807) is 7.11 Å². The average molecular weight is 249 g/mol. The van der Waals surface area contributed by atoms with Gasteiger partial charge in [0.2, 0.25) is 5.91 Å². The highest BCUT2D eigenvalue weighted by atomic mass is 16.5. The number of carbonyl (C=O) groups excluding carboxylic acids is 1. The van der Waals surface area contributed by atoms with Crippen LogP contribution in [-0.4, -0.2) is 13.0 Å². The Labute approximate surface area is 110 Å². The molecule has 0 saturated carbocycles. The highest BCUT2D eigenvalue weighted by Gasteiger charge is 2.10. The predicted octanol–water partition coefficient (Wildman–Crippen LogP) is 2.89. The number of ether oxygens (including phenoxy) is 1. The van der Waals surface area contributed by atoms with E-state index >= 15 is 0 Å². The zero-order valence-electron chi connectivity index (χ0n) is 11.5. The van der Waals surface area contributed by atoms with Crippen LogP contribution in [0.25, 0.3) is 0 Å². The van der Waals surface area contributed by atoms with Gasteiger partial charge in [-0.2, -0.15) is 0 Å². The van der Waals surface area contributed by atoms with Crippen LogP contribution in [-0.2, 0) is 22.7 Å². The molecule has 3 heteroatoms. The molecule has 0 aliphatic rings. The fourth-order valence-corrected chi connectivity index (χ4v) is 1.85. The summed E-state index contributed by atoms with van der Waals surface area (Å²) in [6.07, 6.45) is 1.99. The molecular weight excluding hydrogens is 226 g/mol. The Hall–Kier alpha value is -1.35. The molecule has 1 N–H and O–H groups in total. The Bertz CT molecular complexity index is 359. The van der Waals surface area contributed by atoms with Crippen LogP contribution in [0.5, 0.6) is 0 Å². The van der Waals surface area contributed by atoms with Crippen molar-refractivity contribution in [3.63, 3.8) is 0 Å². The minimum atomic E-state index is 0.0998. The lowest BCUT2D eigenvalue weighted by Crippen LogP contribution is -2.28. The molecule has 0 aliphatic heterocycles. The van der Waals surface area contributed by atoms with Gasteiger partial charge in [-0.15, -0.1) is 0 Å². The van der Waals surface area contributed by atoms with E-state index < -0.39 is 0 Å². The number of amides is 1. The Balaban J connectivity index is 2.41. The molecular formula is C15H23NO2. The van der Waals surface area contributed by atoms with Gasteiger partial charge in [0.15, 0.2) is 0 Å². The molecule has 18 heavy (non-hydrogen) atoms. The van der Waals surface area contributed by atoms with Crippen molar-refractivity contribution in [3.8, 4) is 0 Å². The lowest BCUT2D eigenvalue weighted by molar-refractivity contribution is -0.124. The van der Waals surface area contributed by atoms with Crippen LogP contribution in [0.15, 0.2) is 24.3 Å². The number of rotatable bonds is 7. The second-order valence-electron chi connectivity index (χ2n) is 4.66. The van der Waals surface area contributed by atoms with Crippen molar-refractivity contribution in [2.45, 2.75) is 39.8 Å². The van der Waals surface area contributed by atoms with E-state index in [0.717, 1.165) is 24.0 Å². The number of hydrogen-bond donors (Lipinski definition) is 1. The number of carbonyl (C=O) groups is 1. The lowest BCUT2D eigenvalue weighted by atomic mass is 10.1. The zero-order valence-corrected chi connectivity index (χ0v) is 11.5. The summed E-state index contributed by atoms with van der Waals surface area (Å²) in [5.41, 5.74) is 2.26. The Morgan fingerprint density at radius 2 is 1.89 bits per heavy atom. The maximum atomic E-state index is 11.7. The van der Waals surface area contributed by atoms with Crippen LogP contribution in [0.1, 0.15) is 37.8 Å².